The Hall–Kier alpha value is -0.150. The molecule has 0 aliphatic carbocycles. The zero-order chi connectivity index (χ0) is 10.3. The van der Waals surface area contributed by atoms with E-state index < -0.39 is 6.17 Å². The molecule has 3 heteroatoms. The summed E-state index contributed by atoms with van der Waals surface area (Å²) in [6.07, 6.45) is 0.580. The van der Waals surface area contributed by atoms with Crippen LogP contribution in [0.15, 0.2) is 0 Å². The summed E-state index contributed by atoms with van der Waals surface area (Å²) in [6.45, 7) is 8.46. The molecule has 0 bridgehead atoms. The van der Waals surface area contributed by atoms with E-state index in [2.05, 4.69) is 0 Å². The minimum absolute atomic E-state index is 0.398. The normalized spacial score (nSPS) is 23.1. The summed E-state index contributed by atoms with van der Waals surface area (Å²) in [6, 6.07) is 0. The molecular formula is C10H22FNO. The van der Waals surface area contributed by atoms with E-state index in [9.17, 15) is 4.39 Å². The Morgan fingerprint density at radius 1 is 1.54 bits per heavy atom. The van der Waals surface area contributed by atoms with Crippen molar-refractivity contribution in [2.45, 2.75) is 39.5 Å². The number of nitrogens with zero attached hydrogens (tertiary/aromatic N) is 1. The lowest BCUT2D eigenvalue weighted by atomic mass is 10.4. The van der Waals surface area contributed by atoms with Crippen molar-refractivity contribution in [3.05, 3.63) is 0 Å². The highest BCUT2D eigenvalue weighted by atomic mass is 19.1. The van der Waals surface area contributed by atoms with E-state index in [1.165, 1.54) is 0 Å². The second kappa shape index (κ2) is 7.27. The molecule has 1 atom stereocenters. The van der Waals surface area contributed by atoms with E-state index in [0.717, 1.165) is 19.6 Å². The molecule has 0 aromatic heterocycles. The van der Waals surface area contributed by atoms with Crippen molar-refractivity contribution in [1.29, 1.82) is 0 Å². The molecule has 1 unspecified atom stereocenters. The Kier molecular flexibility index (Phi) is 7.19. The molecule has 0 aromatic carbocycles. The molecule has 1 fully saturated rings. The lowest BCUT2D eigenvalue weighted by Crippen LogP contribution is -2.13. The quantitative estimate of drug-likeness (QED) is 0.662. The number of hydrogen-bond donors (Lipinski definition) is 0. The van der Waals surface area contributed by atoms with Crippen LogP contribution >= 0.6 is 0 Å². The van der Waals surface area contributed by atoms with Gasteiger partial charge in [0.25, 0.3) is 0 Å². The molecule has 0 aromatic rings. The predicted molar refractivity (Wildman–Crippen MR) is 53.8 cm³/mol. The maximum atomic E-state index is 12.1. The molecule has 1 rings (SSSR count). The highest BCUT2D eigenvalue weighted by Crippen LogP contribution is 2.08. The lowest BCUT2D eigenvalue weighted by molar-refractivity contribution is 0.0899. The monoisotopic (exact) mass is 191 g/mol. The Bertz CT molecular complexity index is 111. The third-order valence-corrected chi connectivity index (χ3v) is 1.83. The van der Waals surface area contributed by atoms with Crippen LogP contribution in [0.4, 0.5) is 4.39 Å². The third kappa shape index (κ3) is 8.19. The molecule has 0 amide bonds. The first-order chi connectivity index (χ1) is 6.06. The van der Waals surface area contributed by atoms with Gasteiger partial charge in [0.2, 0.25) is 0 Å². The van der Waals surface area contributed by atoms with Crippen molar-refractivity contribution in [1.82, 2.24) is 4.90 Å². The maximum Gasteiger partial charge on any atom is 0.114 e. The maximum absolute atomic E-state index is 12.1. The van der Waals surface area contributed by atoms with Gasteiger partial charge in [0.05, 0.1) is 6.10 Å². The highest BCUT2D eigenvalue weighted by molar-refractivity contribution is 4.70. The molecule has 0 spiro atoms. The molecule has 1 aliphatic heterocycles. The first-order valence-corrected chi connectivity index (χ1v) is 5.00. The number of halogens is 1. The van der Waals surface area contributed by atoms with Gasteiger partial charge in [0, 0.05) is 19.7 Å². The van der Waals surface area contributed by atoms with Crippen LogP contribution in [0.3, 0.4) is 0 Å². The van der Waals surface area contributed by atoms with Crippen molar-refractivity contribution in [3.8, 4) is 0 Å². The van der Waals surface area contributed by atoms with Crippen LogP contribution in [0.25, 0.3) is 0 Å². The first kappa shape index (κ1) is 12.8. The molecule has 1 aliphatic rings. The fourth-order valence-electron chi connectivity index (χ4n) is 1.21. The van der Waals surface area contributed by atoms with Crippen LogP contribution in [-0.4, -0.2) is 43.9 Å². The molecule has 0 N–H and O–H groups in total. The average Bonchev–Trinajstić information content (AvgIpc) is 2.35. The zero-order valence-electron chi connectivity index (χ0n) is 9.22. The lowest BCUT2D eigenvalue weighted by Gasteiger charge is -2.01. The summed E-state index contributed by atoms with van der Waals surface area (Å²) in [5.41, 5.74) is 0. The van der Waals surface area contributed by atoms with Crippen molar-refractivity contribution in [2.75, 3.05) is 26.7 Å². The van der Waals surface area contributed by atoms with Gasteiger partial charge in [0.15, 0.2) is 0 Å². The van der Waals surface area contributed by atoms with Crippen LogP contribution in [-0.2, 0) is 4.74 Å². The number of alkyl halides is 1. The van der Waals surface area contributed by atoms with Crippen molar-refractivity contribution in [2.24, 2.45) is 0 Å². The van der Waals surface area contributed by atoms with Gasteiger partial charge in [-0.25, -0.2) is 4.39 Å². The van der Waals surface area contributed by atoms with E-state index in [1.54, 1.807) is 0 Å². The molecule has 1 heterocycles. The van der Waals surface area contributed by atoms with Crippen molar-refractivity contribution in [3.63, 3.8) is 0 Å². The molecule has 0 saturated carbocycles. The smallest absolute Gasteiger partial charge is 0.114 e. The minimum atomic E-state index is -0.551. The molecule has 1 saturated heterocycles. The van der Waals surface area contributed by atoms with Crippen LogP contribution in [0, 0.1) is 0 Å². The molecular weight excluding hydrogens is 169 g/mol. The number of hydrogen-bond acceptors (Lipinski definition) is 2. The predicted octanol–water partition coefficient (Wildman–Crippen LogP) is 2.09. The van der Waals surface area contributed by atoms with Crippen LogP contribution in [0.2, 0.25) is 0 Å². The topological polar surface area (TPSA) is 12.5 Å². The second-order valence-corrected chi connectivity index (χ2v) is 3.65. The summed E-state index contributed by atoms with van der Waals surface area (Å²) in [4.78, 5) is 2.00. The summed E-state index contributed by atoms with van der Waals surface area (Å²) >= 11 is 0. The Morgan fingerprint density at radius 3 is 2.23 bits per heavy atom. The van der Waals surface area contributed by atoms with Gasteiger partial charge in [-0.05, 0) is 34.2 Å². The average molecular weight is 191 g/mol. The first-order valence-electron chi connectivity index (χ1n) is 5.00. The standard InChI is InChI=1S/C5H10FN.C5H12O/c1-7-3-2-5(6)4-7;1-4-6-5(2)3/h5H,2-4H2,1H3;5H,4H2,1-3H3. The van der Waals surface area contributed by atoms with E-state index >= 15 is 0 Å². The zero-order valence-corrected chi connectivity index (χ0v) is 9.22. The summed E-state index contributed by atoms with van der Waals surface area (Å²) in [7, 11) is 1.94. The van der Waals surface area contributed by atoms with Crippen molar-refractivity contribution < 1.29 is 9.13 Å². The number of rotatable bonds is 2. The molecule has 13 heavy (non-hydrogen) atoms. The Balaban J connectivity index is 0.000000226. The van der Waals surface area contributed by atoms with Crippen molar-refractivity contribution >= 4 is 0 Å². The molecule has 80 valence electrons. The fourth-order valence-corrected chi connectivity index (χ4v) is 1.21. The molecule has 0 radical (unpaired) electrons. The van der Waals surface area contributed by atoms with Gasteiger partial charge in [0.1, 0.15) is 6.17 Å². The van der Waals surface area contributed by atoms with Crippen LogP contribution in [0.5, 0.6) is 0 Å². The summed E-state index contributed by atoms with van der Waals surface area (Å²) < 4.78 is 17.2. The van der Waals surface area contributed by atoms with Gasteiger partial charge in [-0.15, -0.1) is 0 Å². The van der Waals surface area contributed by atoms with Gasteiger partial charge < -0.3 is 9.64 Å². The third-order valence-electron chi connectivity index (χ3n) is 1.83. The largest absolute Gasteiger partial charge is 0.379 e. The van der Waals surface area contributed by atoms with E-state index in [1.807, 2.05) is 32.7 Å². The SMILES string of the molecule is CCOC(C)C.CN1CCC(F)C1. The molecule has 2 nitrogen and oxygen atoms in total. The van der Waals surface area contributed by atoms with Gasteiger partial charge in [-0.1, -0.05) is 0 Å². The second-order valence-electron chi connectivity index (χ2n) is 3.65. The van der Waals surface area contributed by atoms with E-state index in [-0.39, 0.29) is 0 Å². The van der Waals surface area contributed by atoms with E-state index in [0.29, 0.717) is 12.6 Å². The van der Waals surface area contributed by atoms with Gasteiger partial charge in [-0.2, -0.15) is 0 Å². The van der Waals surface area contributed by atoms with E-state index in [4.69, 9.17) is 4.74 Å². The van der Waals surface area contributed by atoms with Crippen LogP contribution in [0.1, 0.15) is 27.2 Å². The van der Waals surface area contributed by atoms with Crippen LogP contribution < -0.4 is 0 Å². The minimum Gasteiger partial charge on any atom is -0.379 e. The Labute approximate surface area is 81.1 Å². The number of likely N-dealkylation sites (tertiary alicyclic amines) is 1. The van der Waals surface area contributed by atoms with Gasteiger partial charge in [-0.3, -0.25) is 0 Å². The highest BCUT2D eigenvalue weighted by Gasteiger charge is 2.17. The fraction of sp³-hybridized carbons (Fsp3) is 1.00. The number of ether oxygens (including phenoxy) is 1. The van der Waals surface area contributed by atoms with Gasteiger partial charge >= 0.3 is 0 Å². The summed E-state index contributed by atoms with van der Waals surface area (Å²) in [5, 5.41) is 0. The summed E-state index contributed by atoms with van der Waals surface area (Å²) in [5.74, 6) is 0. The Morgan fingerprint density at radius 2 is 2.15 bits per heavy atom.